The van der Waals surface area contributed by atoms with Crippen LogP contribution >= 0.6 is 0 Å². The van der Waals surface area contributed by atoms with Crippen molar-refractivity contribution in [3.05, 3.63) is 18.0 Å². The zero-order chi connectivity index (χ0) is 15.2. The van der Waals surface area contributed by atoms with Gasteiger partial charge in [0.1, 0.15) is 5.60 Å². The minimum atomic E-state index is -0.455. The molecule has 1 rings (SSSR count). The van der Waals surface area contributed by atoms with Gasteiger partial charge in [-0.05, 0) is 34.6 Å². The smallest absolute Gasteiger partial charge is 0.407 e. The predicted octanol–water partition coefficient (Wildman–Crippen LogP) is 2.08. The Kier molecular flexibility index (Phi) is 6.01. The van der Waals surface area contributed by atoms with E-state index in [1.165, 1.54) is 0 Å². The van der Waals surface area contributed by atoms with Crippen LogP contribution in [0.2, 0.25) is 0 Å². The Morgan fingerprint density at radius 3 is 2.65 bits per heavy atom. The van der Waals surface area contributed by atoms with Crippen molar-refractivity contribution < 1.29 is 9.53 Å². The molecule has 0 radical (unpaired) electrons. The van der Waals surface area contributed by atoms with E-state index in [0.717, 1.165) is 12.1 Å². The van der Waals surface area contributed by atoms with Gasteiger partial charge in [-0.2, -0.15) is 5.10 Å². The van der Waals surface area contributed by atoms with Crippen LogP contribution in [0.5, 0.6) is 0 Å². The minimum Gasteiger partial charge on any atom is -0.444 e. The van der Waals surface area contributed by atoms with Crippen molar-refractivity contribution >= 4 is 6.09 Å². The normalized spacial score (nSPS) is 11.7. The molecule has 1 aromatic rings. The molecule has 0 aromatic carbocycles. The third kappa shape index (κ3) is 6.56. The Morgan fingerprint density at radius 2 is 2.10 bits per heavy atom. The van der Waals surface area contributed by atoms with Gasteiger partial charge in [-0.3, -0.25) is 4.68 Å². The summed E-state index contributed by atoms with van der Waals surface area (Å²) in [6, 6.07) is 0.373. The SMILES string of the molecule is CC(C)n1cc(CNCCNC(=O)OC(C)(C)C)cn1. The fourth-order valence-electron chi connectivity index (χ4n) is 1.55. The van der Waals surface area contributed by atoms with Crippen LogP contribution in [-0.4, -0.2) is 34.6 Å². The van der Waals surface area contributed by atoms with Crippen LogP contribution in [0, 0.1) is 0 Å². The molecule has 0 atom stereocenters. The summed E-state index contributed by atoms with van der Waals surface area (Å²) in [5.41, 5.74) is 0.680. The Morgan fingerprint density at radius 1 is 1.40 bits per heavy atom. The largest absolute Gasteiger partial charge is 0.444 e. The number of nitrogens with one attached hydrogen (secondary N) is 2. The van der Waals surface area contributed by atoms with E-state index in [2.05, 4.69) is 29.6 Å². The number of hydrogen-bond donors (Lipinski definition) is 2. The zero-order valence-corrected chi connectivity index (χ0v) is 13.1. The Bertz CT molecular complexity index is 421. The van der Waals surface area contributed by atoms with E-state index in [1.54, 1.807) is 0 Å². The number of carbonyl (C=O) groups is 1. The van der Waals surface area contributed by atoms with Crippen molar-refractivity contribution in [1.29, 1.82) is 0 Å². The second-order valence-electron chi connectivity index (χ2n) is 6.03. The topological polar surface area (TPSA) is 68.2 Å². The number of amides is 1. The van der Waals surface area contributed by atoms with Gasteiger partial charge in [-0.1, -0.05) is 0 Å². The average molecular weight is 282 g/mol. The van der Waals surface area contributed by atoms with E-state index in [0.29, 0.717) is 19.1 Å². The summed E-state index contributed by atoms with van der Waals surface area (Å²) in [4.78, 5) is 11.4. The van der Waals surface area contributed by atoms with Crippen molar-refractivity contribution in [3.63, 3.8) is 0 Å². The summed E-state index contributed by atoms with van der Waals surface area (Å²) in [6.07, 6.45) is 3.50. The lowest BCUT2D eigenvalue weighted by atomic mass is 10.2. The van der Waals surface area contributed by atoms with E-state index in [9.17, 15) is 4.79 Å². The summed E-state index contributed by atoms with van der Waals surface area (Å²) in [6.45, 7) is 11.7. The number of carbonyl (C=O) groups excluding carboxylic acids is 1. The van der Waals surface area contributed by atoms with Crippen LogP contribution in [0.25, 0.3) is 0 Å². The Hall–Kier alpha value is -1.56. The number of nitrogens with zero attached hydrogens (tertiary/aromatic N) is 2. The number of hydrogen-bond acceptors (Lipinski definition) is 4. The maximum atomic E-state index is 11.4. The molecule has 6 heteroatoms. The minimum absolute atomic E-state index is 0.373. The third-order valence-corrected chi connectivity index (χ3v) is 2.48. The maximum Gasteiger partial charge on any atom is 0.407 e. The fourth-order valence-corrected chi connectivity index (χ4v) is 1.55. The fraction of sp³-hybridized carbons (Fsp3) is 0.714. The predicted molar refractivity (Wildman–Crippen MR) is 78.6 cm³/mol. The van der Waals surface area contributed by atoms with Crippen LogP contribution in [-0.2, 0) is 11.3 Å². The first-order valence-electron chi connectivity index (χ1n) is 6.98. The van der Waals surface area contributed by atoms with Gasteiger partial charge >= 0.3 is 6.09 Å². The lowest BCUT2D eigenvalue weighted by molar-refractivity contribution is 0.0528. The molecule has 1 heterocycles. The molecule has 0 bridgehead atoms. The highest BCUT2D eigenvalue weighted by atomic mass is 16.6. The van der Waals surface area contributed by atoms with Crippen molar-refractivity contribution in [3.8, 4) is 0 Å². The first-order chi connectivity index (χ1) is 9.28. The molecule has 1 aromatic heterocycles. The van der Waals surface area contributed by atoms with Gasteiger partial charge in [0.2, 0.25) is 0 Å². The quantitative estimate of drug-likeness (QED) is 0.784. The van der Waals surface area contributed by atoms with Crippen LogP contribution in [0.3, 0.4) is 0 Å². The molecular formula is C14H26N4O2. The highest BCUT2D eigenvalue weighted by Crippen LogP contribution is 2.06. The van der Waals surface area contributed by atoms with Gasteiger partial charge in [0.25, 0.3) is 0 Å². The molecule has 0 aliphatic carbocycles. The molecule has 114 valence electrons. The summed E-state index contributed by atoms with van der Waals surface area (Å²) in [5.74, 6) is 0. The summed E-state index contributed by atoms with van der Waals surface area (Å²) < 4.78 is 7.07. The van der Waals surface area contributed by atoms with Crippen LogP contribution in [0.4, 0.5) is 4.79 Å². The lowest BCUT2D eigenvalue weighted by Gasteiger charge is -2.19. The van der Waals surface area contributed by atoms with Crippen LogP contribution in [0.15, 0.2) is 12.4 Å². The molecule has 0 aliphatic rings. The maximum absolute atomic E-state index is 11.4. The molecule has 0 aliphatic heterocycles. The monoisotopic (exact) mass is 282 g/mol. The molecule has 0 saturated carbocycles. The lowest BCUT2D eigenvalue weighted by Crippen LogP contribution is -2.36. The number of aromatic nitrogens is 2. The molecule has 2 N–H and O–H groups in total. The first-order valence-corrected chi connectivity index (χ1v) is 6.98. The Balaban J connectivity index is 2.14. The van der Waals surface area contributed by atoms with E-state index < -0.39 is 5.60 Å². The summed E-state index contributed by atoms with van der Waals surface area (Å²) in [5, 5.41) is 10.2. The van der Waals surface area contributed by atoms with Gasteiger partial charge in [0.05, 0.1) is 6.20 Å². The van der Waals surface area contributed by atoms with Crippen molar-refractivity contribution in [1.82, 2.24) is 20.4 Å². The summed E-state index contributed by atoms with van der Waals surface area (Å²) >= 11 is 0. The van der Waals surface area contributed by atoms with E-state index in [1.807, 2.05) is 37.8 Å². The Labute approximate surface area is 120 Å². The molecule has 0 fully saturated rings. The second-order valence-corrected chi connectivity index (χ2v) is 6.03. The number of rotatable bonds is 6. The van der Waals surface area contributed by atoms with Gasteiger partial charge in [-0.25, -0.2) is 4.79 Å². The molecule has 0 unspecified atom stereocenters. The van der Waals surface area contributed by atoms with Gasteiger partial charge in [-0.15, -0.1) is 0 Å². The zero-order valence-electron chi connectivity index (χ0n) is 13.1. The first kappa shape index (κ1) is 16.5. The molecule has 0 saturated heterocycles. The molecule has 6 nitrogen and oxygen atoms in total. The molecular weight excluding hydrogens is 256 g/mol. The van der Waals surface area contributed by atoms with Crippen molar-refractivity contribution in [2.24, 2.45) is 0 Å². The molecule has 20 heavy (non-hydrogen) atoms. The molecule has 1 amide bonds. The average Bonchev–Trinajstić information content (AvgIpc) is 2.75. The van der Waals surface area contributed by atoms with E-state index in [4.69, 9.17) is 4.74 Å². The highest BCUT2D eigenvalue weighted by Gasteiger charge is 2.15. The third-order valence-electron chi connectivity index (χ3n) is 2.48. The van der Waals surface area contributed by atoms with Gasteiger partial charge < -0.3 is 15.4 Å². The molecule has 0 spiro atoms. The van der Waals surface area contributed by atoms with E-state index in [-0.39, 0.29) is 6.09 Å². The van der Waals surface area contributed by atoms with Crippen molar-refractivity contribution in [2.45, 2.75) is 52.8 Å². The second kappa shape index (κ2) is 7.28. The van der Waals surface area contributed by atoms with Crippen molar-refractivity contribution in [2.75, 3.05) is 13.1 Å². The van der Waals surface area contributed by atoms with E-state index >= 15 is 0 Å². The number of alkyl carbamates (subject to hydrolysis) is 1. The summed E-state index contributed by atoms with van der Waals surface area (Å²) in [7, 11) is 0. The standard InChI is InChI=1S/C14H26N4O2/c1-11(2)18-10-12(9-17-18)8-15-6-7-16-13(19)20-14(3,4)5/h9-11,15H,6-8H2,1-5H3,(H,16,19). The van der Waals surface area contributed by atoms with Gasteiger partial charge in [0.15, 0.2) is 0 Å². The highest BCUT2D eigenvalue weighted by molar-refractivity contribution is 5.67. The van der Waals surface area contributed by atoms with Crippen LogP contribution < -0.4 is 10.6 Å². The van der Waals surface area contributed by atoms with Crippen LogP contribution in [0.1, 0.15) is 46.2 Å². The van der Waals surface area contributed by atoms with Gasteiger partial charge in [0, 0.05) is 37.4 Å². The number of ether oxygens (including phenoxy) is 1.